The van der Waals surface area contributed by atoms with Crippen molar-refractivity contribution in [2.45, 2.75) is 0 Å². The van der Waals surface area contributed by atoms with Crippen LogP contribution in [0.25, 0.3) is 20.2 Å². The number of thiophene rings is 2. The van der Waals surface area contributed by atoms with Gasteiger partial charge in [0.1, 0.15) is 0 Å². The zero-order valence-corrected chi connectivity index (χ0v) is 18.9. The van der Waals surface area contributed by atoms with E-state index in [1.807, 2.05) is 22.7 Å². The summed E-state index contributed by atoms with van der Waals surface area (Å²) < 4.78 is 5.55. The minimum Gasteiger partial charge on any atom is -0.309 e. The summed E-state index contributed by atoms with van der Waals surface area (Å²) in [5.74, 6) is 0. The predicted molar refractivity (Wildman–Crippen MR) is 143 cm³/mol. The molecule has 2 aromatic heterocycles. The lowest BCUT2D eigenvalue weighted by molar-refractivity contribution is 1.34. The van der Waals surface area contributed by atoms with Crippen LogP contribution in [-0.4, -0.2) is 6.71 Å². The molecular formula is C28H18BNS2. The quantitative estimate of drug-likeness (QED) is 0.279. The molecule has 1 aliphatic rings. The van der Waals surface area contributed by atoms with Gasteiger partial charge in [-0.05, 0) is 24.3 Å². The van der Waals surface area contributed by atoms with Crippen LogP contribution in [0.2, 0.25) is 0 Å². The fraction of sp³-hybridized carbons (Fsp3) is 0. The number of para-hydroxylation sites is 1. The molecule has 1 nitrogen and oxygen atoms in total. The van der Waals surface area contributed by atoms with E-state index in [-0.39, 0.29) is 6.71 Å². The van der Waals surface area contributed by atoms with E-state index in [0.29, 0.717) is 0 Å². The standard InChI is InChI=1S/C28H18BNS2/c1-3-11-19(12-4-1)29-27-25(21-15-7-9-17-23(21)31-27)30(20-13-5-2-6-14-20)26-22-16-8-10-18-24(22)32-28(26)29/h1-18H. The monoisotopic (exact) mass is 443 g/mol. The lowest BCUT2D eigenvalue weighted by Gasteiger charge is -2.33. The number of benzene rings is 4. The van der Waals surface area contributed by atoms with Crippen molar-refractivity contribution in [2.24, 2.45) is 0 Å². The molecule has 7 rings (SSSR count). The highest BCUT2D eigenvalue weighted by Gasteiger charge is 2.40. The molecule has 0 saturated heterocycles. The highest BCUT2D eigenvalue weighted by atomic mass is 32.1. The lowest BCUT2D eigenvalue weighted by Crippen LogP contribution is -2.54. The second kappa shape index (κ2) is 7.09. The van der Waals surface area contributed by atoms with E-state index >= 15 is 0 Å². The van der Waals surface area contributed by atoms with Crippen LogP contribution in [0.5, 0.6) is 0 Å². The molecule has 0 fully saturated rings. The molecule has 0 spiro atoms. The van der Waals surface area contributed by atoms with Crippen LogP contribution < -0.4 is 19.9 Å². The molecule has 0 bridgehead atoms. The third-order valence-electron chi connectivity index (χ3n) is 6.31. The van der Waals surface area contributed by atoms with Gasteiger partial charge >= 0.3 is 0 Å². The molecule has 6 aromatic rings. The van der Waals surface area contributed by atoms with Gasteiger partial charge in [0.25, 0.3) is 6.71 Å². The van der Waals surface area contributed by atoms with E-state index in [4.69, 9.17) is 0 Å². The number of rotatable bonds is 2. The van der Waals surface area contributed by atoms with Crippen molar-refractivity contribution >= 4 is 81.6 Å². The van der Waals surface area contributed by atoms with Crippen molar-refractivity contribution in [2.75, 3.05) is 4.90 Å². The molecule has 4 aromatic carbocycles. The molecule has 0 N–H and O–H groups in total. The van der Waals surface area contributed by atoms with Crippen molar-refractivity contribution < 1.29 is 0 Å². The second-order valence-corrected chi connectivity index (χ2v) is 10.3. The van der Waals surface area contributed by atoms with Gasteiger partial charge in [-0.2, -0.15) is 0 Å². The summed E-state index contributed by atoms with van der Waals surface area (Å²) in [6.45, 7) is 0.246. The molecule has 0 amide bonds. The van der Waals surface area contributed by atoms with Gasteiger partial charge in [0.2, 0.25) is 0 Å². The van der Waals surface area contributed by atoms with Crippen molar-refractivity contribution in [1.82, 2.24) is 0 Å². The molecule has 150 valence electrons. The Balaban J connectivity index is 1.65. The van der Waals surface area contributed by atoms with Crippen LogP contribution >= 0.6 is 22.7 Å². The molecule has 0 aliphatic carbocycles. The van der Waals surface area contributed by atoms with E-state index < -0.39 is 0 Å². The summed E-state index contributed by atoms with van der Waals surface area (Å²) >= 11 is 3.88. The first-order chi connectivity index (χ1) is 15.9. The third-order valence-corrected chi connectivity index (χ3v) is 8.76. The van der Waals surface area contributed by atoms with Gasteiger partial charge in [-0.3, -0.25) is 0 Å². The summed E-state index contributed by atoms with van der Waals surface area (Å²) in [5, 5.41) is 2.66. The lowest BCUT2D eigenvalue weighted by atomic mass is 9.41. The van der Waals surface area contributed by atoms with E-state index in [9.17, 15) is 0 Å². The maximum atomic E-state index is 2.52. The fourth-order valence-corrected chi connectivity index (χ4v) is 7.70. The second-order valence-electron chi connectivity index (χ2n) is 8.14. The Morgan fingerprint density at radius 3 is 1.53 bits per heavy atom. The maximum absolute atomic E-state index is 2.52. The normalized spacial score (nSPS) is 12.9. The Bertz CT molecular complexity index is 1500. The van der Waals surface area contributed by atoms with Crippen LogP contribution in [0.3, 0.4) is 0 Å². The number of anilines is 3. The van der Waals surface area contributed by atoms with E-state index in [0.717, 1.165) is 0 Å². The Kier molecular flexibility index (Phi) is 4.05. The molecule has 1 aliphatic heterocycles. The Labute approximate surface area is 195 Å². The van der Waals surface area contributed by atoms with E-state index in [2.05, 4.69) is 114 Å². The summed E-state index contributed by atoms with van der Waals surface area (Å²) in [6, 6.07) is 39.6. The van der Waals surface area contributed by atoms with Crippen LogP contribution in [0.15, 0.2) is 109 Å². The van der Waals surface area contributed by atoms with Crippen molar-refractivity contribution in [3.05, 3.63) is 109 Å². The summed E-state index contributed by atoms with van der Waals surface area (Å²) in [7, 11) is 0. The van der Waals surface area contributed by atoms with Crippen LogP contribution in [0.1, 0.15) is 0 Å². The van der Waals surface area contributed by atoms with Crippen molar-refractivity contribution in [3.8, 4) is 0 Å². The number of hydrogen-bond donors (Lipinski definition) is 0. The van der Waals surface area contributed by atoms with Gasteiger partial charge in [0, 0.05) is 35.4 Å². The average Bonchev–Trinajstić information content (AvgIpc) is 3.42. The minimum atomic E-state index is 0.246. The molecule has 0 unspecified atom stereocenters. The number of fused-ring (bicyclic) bond motifs is 6. The molecule has 0 radical (unpaired) electrons. The molecule has 4 heteroatoms. The molecule has 32 heavy (non-hydrogen) atoms. The third kappa shape index (κ3) is 2.57. The van der Waals surface area contributed by atoms with Gasteiger partial charge < -0.3 is 4.90 Å². The molecule has 0 saturated carbocycles. The Hall–Kier alpha value is -3.34. The summed E-state index contributed by atoms with van der Waals surface area (Å²) in [6.07, 6.45) is 0. The van der Waals surface area contributed by atoms with Crippen LogP contribution in [0.4, 0.5) is 17.1 Å². The average molecular weight is 443 g/mol. The van der Waals surface area contributed by atoms with Gasteiger partial charge in [0.15, 0.2) is 0 Å². The zero-order valence-electron chi connectivity index (χ0n) is 17.2. The summed E-state index contributed by atoms with van der Waals surface area (Å²) in [5.41, 5.74) is 5.25. The fourth-order valence-electron chi connectivity index (χ4n) is 4.97. The first-order valence-electron chi connectivity index (χ1n) is 10.8. The topological polar surface area (TPSA) is 3.24 Å². The van der Waals surface area contributed by atoms with Gasteiger partial charge in [0.05, 0.1) is 11.4 Å². The predicted octanol–water partition coefficient (Wildman–Crippen LogP) is 6.42. The first kappa shape index (κ1) is 18.3. The van der Waals surface area contributed by atoms with Crippen LogP contribution in [-0.2, 0) is 0 Å². The van der Waals surface area contributed by atoms with Crippen LogP contribution in [0, 0.1) is 0 Å². The highest BCUT2D eigenvalue weighted by Crippen LogP contribution is 2.47. The van der Waals surface area contributed by atoms with Gasteiger partial charge in [-0.15, -0.1) is 22.7 Å². The van der Waals surface area contributed by atoms with Crippen molar-refractivity contribution in [3.63, 3.8) is 0 Å². The number of nitrogens with zero attached hydrogens (tertiary/aromatic N) is 1. The minimum absolute atomic E-state index is 0.246. The SMILES string of the molecule is c1ccc(B2c3sc4ccccc4c3N(c3ccccc3)c3c2sc2ccccc32)cc1. The number of hydrogen-bond acceptors (Lipinski definition) is 3. The van der Waals surface area contributed by atoms with Crippen molar-refractivity contribution in [1.29, 1.82) is 0 Å². The Morgan fingerprint density at radius 2 is 0.969 bits per heavy atom. The van der Waals surface area contributed by atoms with Gasteiger partial charge in [-0.1, -0.05) is 90.4 Å². The van der Waals surface area contributed by atoms with E-state index in [1.54, 1.807) is 0 Å². The van der Waals surface area contributed by atoms with E-state index in [1.165, 1.54) is 52.3 Å². The zero-order chi connectivity index (χ0) is 21.1. The molecular weight excluding hydrogens is 425 g/mol. The smallest absolute Gasteiger partial charge is 0.272 e. The maximum Gasteiger partial charge on any atom is 0.272 e. The Morgan fingerprint density at radius 1 is 0.500 bits per heavy atom. The largest absolute Gasteiger partial charge is 0.309 e. The molecule has 3 heterocycles. The molecule has 0 atom stereocenters. The highest BCUT2D eigenvalue weighted by molar-refractivity contribution is 7.40. The van der Waals surface area contributed by atoms with Gasteiger partial charge in [-0.25, -0.2) is 0 Å². The first-order valence-corrected chi connectivity index (χ1v) is 12.5. The summed E-state index contributed by atoms with van der Waals surface area (Å²) in [4.78, 5) is 2.52.